The summed E-state index contributed by atoms with van der Waals surface area (Å²) in [5, 5.41) is 18.4. The Bertz CT molecular complexity index is 1370. The third-order valence-corrected chi connectivity index (χ3v) is 5.70. The maximum atomic E-state index is 11.4. The molecule has 4 aromatic carbocycles. The number of hydrogen-bond acceptors (Lipinski definition) is 3. The van der Waals surface area contributed by atoms with Crippen LogP contribution < -0.4 is 4.74 Å². The second kappa shape index (κ2) is 7.71. The van der Waals surface area contributed by atoms with Gasteiger partial charge in [-0.15, -0.1) is 0 Å². The minimum Gasteiger partial charge on any atom is -0.478 e. The van der Waals surface area contributed by atoms with Crippen LogP contribution in [-0.4, -0.2) is 22.2 Å². The molecule has 0 saturated heterocycles. The molecule has 0 aliphatic heterocycles. The van der Waals surface area contributed by atoms with E-state index in [2.05, 4.69) is 42.5 Å². The maximum Gasteiger partial charge on any atom is 0.336 e. The molecular weight excluding hydrogens is 404 g/mol. The van der Waals surface area contributed by atoms with E-state index in [9.17, 15) is 14.7 Å². The van der Waals surface area contributed by atoms with Crippen molar-refractivity contribution in [3.8, 4) is 33.8 Å². The molecule has 0 aromatic heterocycles. The number of carbonyl (C=O) groups is 2. The van der Waals surface area contributed by atoms with Crippen LogP contribution in [0.3, 0.4) is 0 Å². The summed E-state index contributed by atoms with van der Waals surface area (Å²) in [4.78, 5) is 22.6. The van der Waals surface area contributed by atoms with Crippen LogP contribution in [-0.2, 0) is 6.42 Å². The van der Waals surface area contributed by atoms with E-state index in [4.69, 9.17) is 9.84 Å². The van der Waals surface area contributed by atoms with E-state index in [1.54, 1.807) is 0 Å². The molecule has 0 bridgehead atoms. The number of benzene rings is 4. The molecular formula is C27H18O5. The van der Waals surface area contributed by atoms with E-state index in [1.807, 2.05) is 24.3 Å². The van der Waals surface area contributed by atoms with Gasteiger partial charge in [0.25, 0.3) is 0 Å². The predicted octanol–water partition coefficient (Wildman–Crippen LogP) is 6.11. The number of aromatic carboxylic acids is 2. The number of rotatable bonds is 5. The molecule has 156 valence electrons. The summed E-state index contributed by atoms with van der Waals surface area (Å²) in [6.07, 6.45) is 0.897. The fraction of sp³-hybridized carbons (Fsp3) is 0.0370. The predicted molar refractivity (Wildman–Crippen MR) is 121 cm³/mol. The van der Waals surface area contributed by atoms with Gasteiger partial charge < -0.3 is 14.9 Å². The first-order valence-corrected chi connectivity index (χ1v) is 10.1. The lowest BCUT2D eigenvalue weighted by Gasteiger charge is -2.11. The summed E-state index contributed by atoms with van der Waals surface area (Å²) in [6.45, 7) is 0. The Hall–Kier alpha value is -4.38. The van der Waals surface area contributed by atoms with Crippen LogP contribution in [0, 0.1) is 0 Å². The Labute approximate surface area is 184 Å². The van der Waals surface area contributed by atoms with Crippen molar-refractivity contribution in [1.82, 2.24) is 0 Å². The van der Waals surface area contributed by atoms with Crippen molar-refractivity contribution < 1.29 is 24.5 Å². The molecule has 0 saturated carbocycles. The number of carboxylic acids is 2. The van der Waals surface area contributed by atoms with Gasteiger partial charge in [-0.25, -0.2) is 9.59 Å². The van der Waals surface area contributed by atoms with Gasteiger partial charge in [-0.2, -0.15) is 0 Å². The van der Waals surface area contributed by atoms with Crippen molar-refractivity contribution in [2.45, 2.75) is 6.42 Å². The number of ether oxygens (including phenoxy) is 1. The molecule has 0 amide bonds. The van der Waals surface area contributed by atoms with E-state index in [0.29, 0.717) is 5.75 Å². The molecule has 5 heteroatoms. The lowest BCUT2D eigenvalue weighted by atomic mass is 9.96. The zero-order valence-electron chi connectivity index (χ0n) is 16.9. The summed E-state index contributed by atoms with van der Waals surface area (Å²) < 4.78 is 5.78. The van der Waals surface area contributed by atoms with Crippen LogP contribution in [0.15, 0.2) is 84.9 Å². The summed E-state index contributed by atoms with van der Waals surface area (Å²) in [5.41, 5.74) is 6.82. The molecule has 2 N–H and O–H groups in total. The van der Waals surface area contributed by atoms with E-state index < -0.39 is 11.9 Å². The molecule has 0 heterocycles. The molecule has 1 aliphatic rings. The highest BCUT2D eigenvalue weighted by Crippen LogP contribution is 2.41. The van der Waals surface area contributed by atoms with Crippen LogP contribution in [0.5, 0.6) is 11.5 Å². The number of carboxylic acid groups (broad SMARTS) is 2. The highest BCUT2D eigenvalue weighted by atomic mass is 16.5. The molecule has 4 aromatic rings. The van der Waals surface area contributed by atoms with Crippen molar-refractivity contribution in [3.63, 3.8) is 0 Å². The topological polar surface area (TPSA) is 83.8 Å². The van der Waals surface area contributed by atoms with Gasteiger partial charge >= 0.3 is 11.9 Å². The summed E-state index contributed by atoms with van der Waals surface area (Å²) >= 11 is 0. The van der Waals surface area contributed by atoms with Gasteiger partial charge in [-0.3, -0.25) is 0 Å². The Morgan fingerprint density at radius 2 is 1.31 bits per heavy atom. The first-order chi connectivity index (χ1) is 15.5. The second-order valence-electron chi connectivity index (χ2n) is 7.61. The van der Waals surface area contributed by atoms with Crippen molar-refractivity contribution >= 4 is 11.9 Å². The monoisotopic (exact) mass is 422 g/mol. The molecule has 5 rings (SSSR count). The van der Waals surface area contributed by atoms with Crippen molar-refractivity contribution in [2.75, 3.05) is 0 Å². The van der Waals surface area contributed by atoms with Crippen LogP contribution in [0.2, 0.25) is 0 Å². The third-order valence-electron chi connectivity index (χ3n) is 5.70. The van der Waals surface area contributed by atoms with Crippen molar-refractivity contribution in [3.05, 3.63) is 107 Å². The molecule has 0 unspecified atom stereocenters. The molecule has 0 fully saturated rings. The first kappa shape index (κ1) is 19.6. The van der Waals surface area contributed by atoms with Gasteiger partial charge in [0, 0.05) is 0 Å². The van der Waals surface area contributed by atoms with Gasteiger partial charge in [0.1, 0.15) is 11.5 Å². The van der Waals surface area contributed by atoms with E-state index in [-0.39, 0.29) is 16.9 Å². The Balaban J connectivity index is 1.43. The van der Waals surface area contributed by atoms with Crippen molar-refractivity contribution in [1.29, 1.82) is 0 Å². The molecule has 1 aliphatic carbocycles. The van der Waals surface area contributed by atoms with E-state index in [1.165, 1.54) is 46.0 Å². The standard InChI is InChI=1S/C27H18O5/c28-26(29)23-13-12-19(15-25(23)27(30)31)32-18-10-8-16(9-11-18)20-6-3-7-22-21-5-2-1-4-17(21)14-24(20)22/h1-13,15H,14H2,(H,28,29)(H,30,31). The Kier molecular flexibility index (Phi) is 4.71. The normalized spacial score (nSPS) is 11.5. The number of hydrogen-bond donors (Lipinski definition) is 2. The van der Waals surface area contributed by atoms with E-state index in [0.717, 1.165) is 12.0 Å². The summed E-state index contributed by atoms with van der Waals surface area (Å²) in [5.74, 6) is -1.82. The molecule has 0 atom stereocenters. The third kappa shape index (κ3) is 3.40. The molecule has 5 nitrogen and oxygen atoms in total. The molecule has 0 spiro atoms. The highest BCUT2D eigenvalue weighted by Gasteiger charge is 2.21. The lowest BCUT2D eigenvalue weighted by molar-refractivity contribution is 0.0651. The smallest absolute Gasteiger partial charge is 0.336 e. The Morgan fingerprint density at radius 1 is 0.656 bits per heavy atom. The average Bonchev–Trinajstić information content (AvgIpc) is 3.18. The first-order valence-electron chi connectivity index (χ1n) is 10.1. The largest absolute Gasteiger partial charge is 0.478 e. The number of fused-ring (bicyclic) bond motifs is 3. The lowest BCUT2D eigenvalue weighted by Crippen LogP contribution is -2.07. The SMILES string of the molecule is O=C(O)c1ccc(Oc2ccc(-c3cccc4c3Cc3ccccc3-4)cc2)cc1C(=O)O. The van der Waals surface area contributed by atoms with Crippen LogP contribution in [0.4, 0.5) is 0 Å². The van der Waals surface area contributed by atoms with E-state index >= 15 is 0 Å². The summed E-state index contributed by atoms with van der Waals surface area (Å²) in [7, 11) is 0. The van der Waals surface area contributed by atoms with Crippen LogP contribution in [0.1, 0.15) is 31.8 Å². The van der Waals surface area contributed by atoms with Gasteiger partial charge in [-0.05, 0) is 70.1 Å². The minimum absolute atomic E-state index is 0.260. The quantitative estimate of drug-likeness (QED) is 0.357. The van der Waals surface area contributed by atoms with Crippen LogP contribution >= 0.6 is 0 Å². The zero-order valence-corrected chi connectivity index (χ0v) is 16.9. The minimum atomic E-state index is -1.32. The molecule has 32 heavy (non-hydrogen) atoms. The highest BCUT2D eigenvalue weighted by molar-refractivity contribution is 6.02. The van der Waals surface area contributed by atoms with Crippen LogP contribution in [0.25, 0.3) is 22.3 Å². The van der Waals surface area contributed by atoms with Gasteiger partial charge in [0.05, 0.1) is 11.1 Å². The van der Waals surface area contributed by atoms with Gasteiger partial charge in [0.15, 0.2) is 0 Å². The summed E-state index contributed by atoms with van der Waals surface area (Å²) in [6, 6.07) is 26.3. The fourth-order valence-corrected chi connectivity index (χ4v) is 4.22. The fourth-order valence-electron chi connectivity index (χ4n) is 4.22. The molecule has 0 radical (unpaired) electrons. The Morgan fingerprint density at radius 3 is 2.06 bits per heavy atom. The average molecular weight is 422 g/mol. The zero-order chi connectivity index (χ0) is 22.2. The van der Waals surface area contributed by atoms with Gasteiger partial charge in [0.2, 0.25) is 0 Å². The second-order valence-corrected chi connectivity index (χ2v) is 7.61. The maximum absolute atomic E-state index is 11.4. The van der Waals surface area contributed by atoms with Gasteiger partial charge in [-0.1, -0.05) is 54.6 Å². The van der Waals surface area contributed by atoms with Crippen molar-refractivity contribution in [2.24, 2.45) is 0 Å².